The van der Waals surface area contributed by atoms with Gasteiger partial charge in [-0.15, -0.1) is 0 Å². The lowest BCUT2D eigenvalue weighted by atomic mass is 9.93. The van der Waals surface area contributed by atoms with Crippen LogP contribution in [0.15, 0.2) is 36.4 Å². The number of nitrogens with one attached hydrogen (secondary N) is 3. The van der Waals surface area contributed by atoms with Gasteiger partial charge in [-0.05, 0) is 24.3 Å². The van der Waals surface area contributed by atoms with E-state index in [-0.39, 0.29) is 24.4 Å². The Morgan fingerprint density at radius 1 is 1.06 bits per heavy atom. The molecule has 1 fully saturated rings. The van der Waals surface area contributed by atoms with Gasteiger partial charge in [0.05, 0.1) is 0 Å². The van der Waals surface area contributed by atoms with Crippen LogP contribution >= 0.6 is 0 Å². The summed E-state index contributed by atoms with van der Waals surface area (Å²) in [7, 11) is -6.17. The number of hydrogen-bond donors (Lipinski definition) is 3. The van der Waals surface area contributed by atoms with Gasteiger partial charge in [-0.3, -0.25) is 4.79 Å². The molecular formula is C18H13F6N3O5S. The number of hydrogen-bond acceptors (Lipinski definition) is 5. The first-order valence-corrected chi connectivity index (χ1v) is 10.3. The summed E-state index contributed by atoms with van der Waals surface area (Å²) < 4.78 is 105. The van der Waals surface area contributed by atoms with E-state index in [2.05, 4.69) is 20.1 Å². The highest BCUT2D eigenvalue weighted by Gasteiger charge is 2.49. The third kappa shape index (κ3) is 5.30. The number of carbonyl (C=O) groups is 2. The van der Waals surface area contributed by atoms with Crippen molar-refractivity contribution in [3.05, 3.63) is 59.4 Å². The van der Waals surface area contributed by atoms with E-state index in [9.17, 15) is 44.3 Å². The van der Waals surface area contributed by atoms with Crippen molar-refractivity contribution in [1.82, 2.24) is 10.6 Å². The van der Waals surface area contributed by atoms with E-state index >= 15 is 0 Å². The Hall–Kier alpha value is -3.49. The lowest BCUT2D eigenvalue weighted by molar-refractivity contribution is -0.120. The monoisotopic (exact) mass is 497 g/mol. The summed E-state index contributed by atoms with van der Waals surface area (Å²) >= 11 is 0. The molecule has 1 aliphatic heterocycles. The molecule has 8 nitrogen and oxygen atoms in total. The van der Waals surface area contributed by atoms with Crippen LogP contribution in [0.25, 0.3) is 0 Å². The summed E-state index contributed by atoms with van der Waals surface area (Å²) in [6.07, 6.45) is 0. The van der Waals surface area contributed by atoms with Crippen molar-refractivity contribution in [2.75, 3.05) is 11.9 Å². The minimum Gasteiger partial charge on any atom is -0.376 e. The van der Waals surface area contributed by atoms with Crippen molar-refractivity contribution in [3.8, 4) is 5.75 Å². The summed E-state index contributed by atoms with van der Waals surface area (Å²) in [6.45, 7) is -0.352. The Morgan fingerprint density at radius 3 is 2.18 bits per heavy atom. The Morgan fingerprint density at radius 2 is 1.64 bits per heavy atom. The average molecular weight is 497 g/mol. The van der Waals surface area contributed by atoms with E-state index in [4.69, 9.17) is 0 Å². The zero-order valence-electron chi connectivity index (χ0n) is 16.0. The van der Waals surface area contributed by atoms with Gasteiger partial charge in [0.2, 0.25) is 5.91 Å². The molecular weight excluding hydrogens is 484 g/mol. The fraction of sp³-hybridized carbons (Fsp3) is 0.222. The molecule has 2 aromatic carbocycles. The molecule has 0 aliphatic carbocycles. The van der Waals surface area contributed by atoms with Crippen molar-refractivity contribution in [1.29, 1.82) is 0 Å². The molecule has 1 heterocycles. The van der Waals surface area contributed by atoms with Crippen LogP contribution in [0, 0.1) is 17.5 Å². The number of alkyl halides is 3. The van der Waals surface area contributed by atoms with E-state index in [1.54, 1.807) is 0 Å². The van der Waals surface area contributed by atoms with E-state index in [0.717, 1.165) is 12.1 Å². The minimum atomic E-state index is -6.17. The zero-order chi connectivity index (χ0) is 24.6. The summed E-state index contributed by atoms with van der Waals surface area (Å²) in [4.78, 5) is 24.3. The highest BCUT2D eigenvalue weighted by molar-refractivity contribution is 7.88. The molecule has 178 valence electrons. The molecule has 3 rings (SSSR count). The molecule has 0 aromatic heterocycles. The first-order chi connectivity index (χ1) is 15.3. The van der Waals surface area contributed by atoms with E-state index < -0.39 is 68.3 Å². The van der Waals surface area contributed by atoms with Gasteiger partial charge < -0.3 is 20.1 Å². The normalized spacial score (nSPS) is 18.5. The molecule has 3 amide bonds. The summed E-state index contributed by atoms with van der Waals surface area (Å²) in [5, 5.41) is 6.77. The topological polar surface area (TPSA) is 114 Å². The molecule has 1 saturated heterocycles. The SMILES string of the molecule is O=C(Nc1ccc(F)cc1)N[C@@H]1C(=O)NC[C@H]1c1c(F)cc(OS(=O)(=O)C(F)(F)F)cc1F. The first-order valence-electron chi connectivity index (χ1n) is 8.89. The summed E-state index contributed by atoms with van der Waals surface area (Å²) in [6, 6.07) is 2.48. The Kier molecular flexibility index (Phi) is 6.44. The number of anilines is 1. The predicted molar refractivity (Wildman–Crippen MR) is 100 cm³/mol. The number of rotatable bonds is 5. The third-order valence-electron chi connectivity index (χ3n) is 4.48. The maximum atomic E-state index is 14.6. The molecule has 1 aliphatic rings. The smallest absolute Gasteiger partial charge is 0.376 e. The van der Waals surface area contributed by atoms with Crippen LogP contribution < -0.4 is 20.1 Å². The lowest BCUT2D eigenvalue weighted by Gasteiger charge is -2.20. The van der Waals surface area contributed by atoms with Gasteiger partial charge in [0, 0.05) is 35.8 Å². The first kappa shape index (κ1) is 24.2. The maximum Gasteiger partial charge on any atom is 0.534 e. The van der Waals surface area contributed by atoms with Gasteiger partial charge in [0.15, 0.2) is 0 Å². The summed E-state index contributed by atoms with van der Waals surface area (Å²) in [5.74, 6) is -7.01. The molecule has 15 heteroatoms. The average Bonchev–Trinajstić information content (AvgIpc) is 3.02. The van der Waals surface area contributed by atoms with Crippen LogP contribution in [0.5, 0.6) is 5.75 Å². The minimum absolute atomic E-state index is 0.147. The van der Waals surface area contributed by atoms with Gasteiger partial charge in [-0.1, -0.05) is 0 Å². The summed E-state index contributed by atoms with van der Waals surface area (Å²) in [5.41, 5.74) is -6.47. The van der Waals surface area contributed by atoms with Crippen LogP contribution in [0.2, 0.25) is 0 Å². The van der Waals surface area contributed by atoms with Gasteiger partial charge in [0.25, 0.3) is 0 Å². The second-order valence-electron chi connectivity index (χ2n) is 6.72. The van der Waals surface area contributed by atoms with Crippen LogP contribution in [0.4, 0.5) is 36.8 Å². The maximum absolute atomic E-state index is 14.6. The molecule has 33 heavy (non-hydrogen) atoms. The predicted octanol–water partition coefficient (Wildman–Crippen LogP) is 2.74. The molecule has 0 spiro atoms. The van der Waals surface area contributed by atoms with Gasteiger partial charge in [-0.2, -0.15) is 21.6 Å². The fourth-order valence-corrected chi connectivity index (χ4v) is 3.48. The zero-order valence-corrected chi connectivity index (χ0v) is 16.9. The van der Waals surface area contributed by atoms with Gasteiger partial charge in [-0.25, -0.2) is 18.0 Å². The molecule has 0 saturated carbocycles. The van der Waals surface area contributed by atoms with Gasteiger partial charge in [0.1, 0.15) is 29.2 Å². The highest BCUT2D eigenvalue weighted by atomic mass is 32.2. The van der Waals surface area contributed by atoms with Crippen LogP contribution in [0.1, 0.15) is 11.5 Å². The van der Waals surface area contributed by atoms with E-state index in [0.29, 0.717) is 0 Å². The van der Waals surface area contributed by atoms with Gasteiger partial charge >= 0.3 is 21.7 Å². The van der Waals surface area contributed by atoms with E-state index in [1.807, 2.05) is 0 Å². The van der Waals surface area contributed by atoms with Crippen LogP contribution in [-0.4, -0.2) is 38.5 Å². The second-order valence-corrected chi connectivity index (χ2v) is 8.26. The highest BCUT2D eigenvalue weighted by Crippen LogP contribution is 2.33. The number of urea groups is 1. The molecule has 3 N–H and O–H groups in total. The van der Waals surface area contributed by atoms with Crippen molar-refractivity contribution in [2.45, 2.75) is 17.5 Å². The number of amides is 3. The molecule has 2 atom stereocenters. The molecule has 0 unspecified atom stereocenters. The Balaban J connectivity index is 1.81. The number of carbonyl (C=O) groups excluding carboxylic acids is 2. The third-order valence-corrected chi connectivity index (χ3v) is 5.46. The second kappa shape index (κ2) is 8.80. The van der Waals surface area contributed by atoms with E-state index in [1.165, 1.54) is 12.1 Å². The number of halogens is 6. The fourth-order valence-electron chi connectivity index (χ4n) is 3.03. The van der Waals surface area contributed by atoms with Crippen LogP contribution in [-0.2, 0) is 14.9 Å². The van der Waals surface area contributed by atoms with Crippen molar-refractivity contribution in [2.24, 2.45) is 0 Å². The Bertz CT molecular complexity index is 1160. The van der Waals surface area contributed by atoms with Crippen LogP contribution in [0.3, 0.4) is 0 Å². The molecule has 0 radical (unpaired) electrons. The quantitative estimate of drug-likeness (QED) is 0.334. The largest absolute Gasteiger partial charge is 0.534 e. The molecule has 2 aromatic rings. The Labute approximate surface area is 182 Å². The van der Waals surface area contributed by atoms with Crippen molar-refractivity contribution in [3.63, 3.8) is 0 Å². The van der Waals surface area contributed by atoms with Crippen molar-refractivity contribution >= 4 is 27.7 Å². The number of benzene rings is 2. The standard InChI is InChI=1S/C18H13F6N3O5S/c19-8-1-3-9(4-2-8)26-17(29)27-15-11(7-25-16(15)28)14-12(20)5-10(6-13(14)21)32-33(30,31)18(22,23)24/h1-6,11,15H,7H2,(H,25,28)(H2,26,27,29)/t11-,15-/m0/s1. The molecule has 0 bridgehead atoms. The lowest BCUT2D eigenvalue weighted by Crippen LogP contribution is -2.45. The van der Waals surface area contributed by atoms with Crippen molar-refractivity contribution < 1.29 is 48.5 Å².